The Morgan fingerprint density at radius 3 is 2.22 bits per heavy atom. The molecule has 0 spiro atoms. The zero-order valence-corrected chi connectivity index (χ0v) is 17.1. The maximum atomic E-state index is 6.11. The molecule has 0 amide bonds. The van der Waals surface area contributed by atoms with Gasteiger partial charge in [0.25, 0.3) is 0 Å². The summed E-state index contributed by atoms with van der Waals surface area (Å²) in [4.78, 5) is 0. The van der Waals surface area contributed by atoms with Crippen LogP contribution >= 0.6 is 15.9 Å². The van der Waals surface area contributed by atoms with E-state index >= 15 is 0 Å². The van der Waals surface area contributed by atoms with Crippen molar-refractivity contribution in [2.75, 3.05) is 19.5 Å². The Morgan fingerprint density at radius 2 is 1.52 bits per heavy atom. The third kappa shape index (κ3) is 4.41. The molecule has 0 aliphatic heterocycles. The van der Waals surface area contributed by atoms with E-state index < -0.39 is 5.79 Å². The first-order valence-corrected chi connectivity index (χ1v) is 9.87. The van der Waals surface area contributed by atoms with Gasteiger partial charge in [-0.2, -0.15) is 0 Å². The predicted molar refractivity (Wildman–Crippen MR) is 112 cm³/mol. The molecule has 0 bridgehead atoms. The van der Waals surface area contributed by atoms with Crippen molar-refractivity contribution in [1.82, 2.24) is 0 Å². The zero-order chi connectivity index (χ0) is 19.1. The number of hydrogen-bond acceptors (Lipinski definition) is 3. The minimum atomic E-state index is -0.824. The van der Waals surface area contributed by atoms with Gasteiger partial charge in [-0.05, 0) is 23.3 Å². The lowest BCUT2D eigenvalue weighted by atomic mass is 9.98. The minimum absolute atomic E-state index is 0.527. The molecule has 3 aromatic carbocycles. The number of alkyl halides is 1. The number of rotatable bonds is 8. The standard InChI is InChI=1S/C23H23BrO3/c1-25-23(17-24,26-2)20-12-8-11-19(15-20)21-13-6-7-14-22(21)27-16-18-9-4-3-5-10-18/h3-15H,16-17H2,1-2H3. The van der Waals surface area contributed by atoms with Crippen LogP contribution in [0.3, 0.4) is 0 Å². The van der Waals surface area contributed by atoms with Crippen LogP contribution in [-0.4, -0.2) is 19.5 Å². The Hall–Kier alpha value is -2.14. The highest BCUT2D eigenvalue weighted by Gasteiger charge is 2.31. The summed E-state index contributed by atoms with van der Waals surface area (Å²) >= 11 is 3.50. The Kier molecular flexibility index (Phi) is 6.67. The maximum absolute atomic E-state index is 6.11. The summed E-state index contributed by atoms with van der Waals surface area (Å²) in [5.74, 6) is 0.0216. The first kappa shape index (κ1) is 19.6. The molecule has 0 atom stereocenters. The van der Waals surface area contributed by atoms with E-state index in [2.05, 4.69) is 46.3 Å². The molecule has 0 saturated carbocycles. The van der Waals surface area contributed by atoms with Gasteiger partial charge in [0, 0.05) is 25.3 Å². The molecular weight excluding hydrogens is 404 g/mol. The van der Waals surface area contributed by atoms with E-state index in [1.165, 1.54) is 0 Å². The van der Waals surface area contributed by atoms with Crippen molar-refractivity contribution >= 4 is 15.9 Å². The largest absolute Gasteiger partial charge is 0.488 e. The summed E-state index contributed by atoms with van der Waals surface area (Å²) in [6.07, 6.45) is 0. The van der Waals surface area contributed by atoms with Crippen LogP contribution in [0.1, 0.15) is 11.1 Å². The molecule has 0 fully saturated rings. The first-order valence-electron chi connectivity index (χ1n) is 8.75. The number of hydrogen-bond donors (Lipinski definition) is 0. The molecule has 0 aliphatic rings. The molecule has 3 rings (SSSR count). The third-order valence-electron chi connectivity index (χ3n) is 4.57. The number of benzene rings is 3. The molecule has 27 heavy (non-hydrogen) atoms. The fourth-order valence-electron chi connectivity index (χ4n) is 3.00. The molecule has 0 unspecified atom stereocenters. The fourth-order valence-corrected chi connectivity index (χ4v) is 3.78. The lowest BCUT2D eigenvalue weighted by Crippen LogP contribution is -2.32. The van der Waals surface area contributed by atoms with Gasteiger partial charge in [-0.25, -0.2) is 0 Å². The average molecular weight is 427 g/mol. The van der Waals surface area contributed by atoms with Crippen LogP contribution < -0.4 is 4.74 Å². The highest BCUT2D eigenvalue weighted by atomic mass is 79.9. The zero-order valence-electron chi connectivity index (χ0n) is 15.5. The van der Waals surface area contributed by atoms with Gasteiger partial charge in [-0.3, -0.25) is 0 Å². The van der Waals surface area contributed by atoms with E-state index in [-0.39, 0.29) is 0 Å². The van der Waals surface area contributed by atoms with Crippen LogP contribution in [-0.2, 0) is 21.9 Å². The molecule has 0 radical (unpaired) electrons. The van der Waals surface area contributed by atoms with Gasteiger partial charge in [0.2, 0.25) is 5.79 Å². The van der Waals surface area contributed by atoms with Gasteiger partial charge in [0.15, 0.2) is 0 Å². The molecule has 0 aromatic heterocycles. The van der Waals surface area contributed by atoms with Crippen molar-refractivity contribution in [3.8, 4) is 16.9 Å². The van der Waals surface area contributed by atoms with Gasteiger partial charge in [0.05, 0.1) is 5.33 Å². The van der Waals surface area contributed by atoms with Gasteiger partial charge in [0.1, 0.15) is 12.4 Å². The quantitative estimate of drug-likeness (QED) is 0.337. The summed E-state index contributed by atoms with van der Waals surface area (Å²) in [7, 11) is 3.29. The van der Waals surface area contributed by atoms with E-state index in [1.54, 1.807) is 14.2 Å². The molecule has 4 heteroatoms. The van der Waals surface area contributed by atoms with E-state index in [1.807, 2.05) is 48.5 Å². The summed E-state index contributed by atoms with van der Waals surface area (Å²) in [6, 6.07) is 26.4. The van der Waals surface area contributed by atoms with Crippen LogP contribution in [0.5, 0.6) is 5.75 Å². The lowest BCUT2D eigenvalue weighted by Gasteiger charge is -2.29. The summed E-state index contributed by atoms with van der Waals surface area (Å²) in [5.41, 5.74) is 4.17. The first-order chi connectivity index (χ1) is 13.2. The second kappa shape index (κ2) is 9.18. The normalized spacial score (nSPS) is 11.4. The molecule has 0 saturated heterocycles. The number of ether oxygens (including phenoxy) is 3. The third-order valence-corrected chi connectivity index (χ3v) is 5.31. The van der Waals surface area contributed by atoms with E-state index in [9.17, 15) is 0 Å². The topological polar surface area (TPSA) is 27.7 Å². The van der Waals surface area contributed by atoms with Crippen LogP contribution in [0.25, 0.3) is 11.1 Å². The molecule has 0 heterocycles. The molecule has 3 aromatic rings. The Balaban J connectivity index is 1.92. The van der Waals surface area contributed by atoms with E-state index in [4.69, 9.17) is 14.2 Å². The van der Waals surface area contributed by atoms with Crippen LogP contribution in [0.15, 0.2) is 78.9 Å². The smallest absolute Gasteiger partial charge is 0.204 e. The number of methoxy groups -OCH3 is 2. The van der Waals surface area contributed by atoms with E-state index in [0.29, 0.717) is 11.9 Å². The monoisotopic (exact) mass is 426 g/mol. The Morgan fingerprint density at radius 1 is 0.815 bits per heavy atom. The fraction of sp³-hybridized carbons (Fsp3) is 0.217. The van der Waals surface area contributed by atoms with Crippen molar-refractivity contribution in [3.05, 3.63) is 90.0 Å². The highest BCUT2D eigenvalue weighted by Crippen LogP contribution is 2.35. The Bertz CT molecular complexity index is 852. The van der Waals surface area contributed by atoms with Crippen LogP contribution in [0.4, 0.5) is 0 Å². The molecule has 140 valence electrons. The summed E-state index contributed by atoms with van der Waals surface area (Å²) in [5, 5.41) is 0.530. The van der Waals surface area contributed by atoms with Crippen molar-refractivity contribution < 1.29 is 14.2 Å². The van der Waals surface area contributed by atoms with E-state index in [0.717, 1.165) is 28.0 Å². The summed E-state index contributed by atoms with van der Waals surface area (Å²) in [6.45, 7) is 0.527. The van der Waals surface area contributed by atoms with Crippen LogP contribution in [0, 0.1) is 0 Å². The maximum Gasteiger partial charge on any atom is 0.204 e. The minimum Gasteiger partial charge on any atom is -0.488 e. The van der Waals surface area contributed by atoms with Gasteiger partial charge in [-0.1, -0.05) is 82.7 Å². The van der Waals surface area contributed by atoms with Crippen molar-refractivity contribution in [2.45, 2.75) is 12.4 Å². The molecular formula is C23H23BrO3. The molecule has 0 aliphatic carbocycles. The van der Waals surface area contributed by atoms with Gasteiger partial charge < -0.3 is 14.2 Å². The van der Waals surface area contributed by atoms with Crippen molar-refractivity contribution in [2.24, 2.45) is 0 Å². The second-order valence-electron chi connectivity index (χ2n) is 6.15. The molecule has 3 nitrogen and oxygen atoms in total. The lowest BCUT2D eigenvalue weighted by molar-refractivity contribution is -0.196. The second-order valence-corrected chi connectivity index (χ2v) is 6.71. The van der Waals surface area contributed by atoms with Crippen LogP contribution in [0.2, 0.25) is 0 Å². The number of para-hydroxylation sites is 1. The van der Waals surface area contributed by atoms with Crippen molar-refractivity contribution in [3.63, 3.8) is 0 Å². The SMILES string of the molecule is COC(CBr)(OC)c1cccc(-c2ccccc2OCc2ccccc2)c1. The summed E-state index contributed by atoms with van der Waals surface area (Å²) < 4.78 is 17.4. The Labute approximate surface area is 169 Å². The van der Waals surface area contributed by atoms with Crippen molar-refractivity contribution in [1.29, 1.82) is 0 Å². The highest BCUT2D eigenvalue weighted by molar-refractivity contribution is 9.09. The molecule has 0 N–H and O–H groups in total. The van der Waals surface area contributed by atoms with Gasteiger partial charge >= 0.3 is 0 Å². The van der Waals surface area contributed by atoms with Gasteiger partial charge in [-0.15, -0.1) is 0 Å². The average Bonchev–Trinajstić information content (AvgIpc) is 2.75. The predicted octanol–water partition coefficient (Wildman–Crippen LogP) is 5.77. The number of halogens is 1.